The average Bonchev–Trinajstić information content (AvgIpc) is 3.35. The lowest BCUT2D eigenvalue weighted by atomic mass is 9.74. The summed E-state index contributed by atoms with van der Waals surface area (Å²) in [4.78, 5) is 87.8. The predicted molar refractivity (Wildman–Crippen MR) is 162 cm³/mol. The highest BCUT2D eigenvalue weighted by Crippen LogP contribution is 2.58. The summed E-state index contributed by atoms with van der Waals surface area (Å²) >= 11 is 0. The number of carbonyl (C=O) groups excluding carboxylic acids is 6. The molecule has 1 heterocycles. The smallest absolute Gasteiger partial charge is 0.310 e. The Morgan fingerprint density at radius 1 is 1.09 bits per heavy atom. The molecule has 13 heteroatoms. The first-order valence-corrected chi connectivity index (χ1v) is 15.1. The maximum Gasteiger partial charge on any atom is 0.310 e. The maximum atomic E-state index is 13.2. The maximum absolute atomic E-state index is 13.2. The van der Waals surface area contributed by atoms with E-state index in [1.54, 1.807) is 39.8 Å². The molecule has 3 amide bonds. The number of esters is 1. The lowest BCUT2D eigenvalue weighted by Crippen LogP contribution is -2.57. The fourth-order valence-electron chi connectivity index (χ4n) is 5.79. The second-order valence-electron chi connectivity index (χ2n) is 11.9. The molecule has 45 heavy (non-hydrogen) atoms. The van der Waals surface area contributed by atoms with Crippen LogP contribution in [-0.4, -0.2) is 77.7 Å². The number of fused-ring (bicyclic) bond motifs is 2. The van der Waals surface area contributed by atoms with E-state index >= 15 is 0 Å². The molecule has 1 aromatic carbocycles. The topological polar surface area (TPSA) is 194 Å². The van der Waals surface area contributed by atoms with Crippen molar-refractivity contribution in [3.05, 3.63) is 29.3 Å². The lowest BCUT2D eigenvalue weighted by molar-refractivity contribution is -0.167. The fourth-order valence-corrected chi connectivity index (χ4v) is 5.79. The molecule has 1 saturated heterocycles. The lowest BCUT2D eigenvalue weighted by Gasteiger charge is -2.33. The summed E-state index contributed by atoms with van der Waals surface area (Å²) in [6.07, 6.45) is -0.204. The van der Waals surface area contributed by atoms with E-state index in [2.05, 4.69) is 16.0 Å². The van der Waals surface area contributed by atoms with E-state index in [-0.39, 0.29) is 12.2 Å². The highest BCUT2D eigenvalue weighted by atomic mass is 16.6. The number of aliphatic carboxylic acids is 1. The largest absolute Gasteiger partial charge is 0.496 e. The minimum absolute atomic E-state index is 0.200. The van der Waals surface area contributed by atoms with Gasteiger partial charge in [-0.3, -0.25) is 33.6 Å². The highest BCUT2D eigenvalue weighted by Gasteiger charge is 2.69. The number of rotatable bonds is 14. The van der Waals surface area contributed by atoms with E-state index in [1.165, 1.54) is 20.1 Å². The molecule has 4 atom stereocenters. The van der Waals surface area contributed by atoms with Gasteiger partial charge in [-0.25, -0.2) is 0 Å². The van der Waals surface area contributed by atoms with Crippen molar-refractivity contribution in [1.82, 2.24) is 16.0 Å². The van der Waals surface area contributed by atoms with Crippen molar-refractivity contribution < 1.29 is 48.1 Å². The number of hydrogen-bond donors (Lipinski definition) is 4. The van der Waals surface area contributed by atoms with Crippen molar-refractivity contribution in [2.24, 2.45) is 17.3 Å². The van der Waals surface area contributed by atoms with Crippen molar-refractivity contribution in [1.29, 1.82) is 0 Å². The second-order valence-corrected chi connectivity index (χ2v) is 11.9. The molecule has 1 aliphatic heterocycles. The van der Waals surface area contributed by atoms with Gasteiger partial charge in [0.25, 0.3) is 5.91 Å². The second kappa shape index (κ2) is 15.1. The highest BCUT2D eigenvalue weighted by molar-refractivity contribution is 6.00. The van der Waals surface area contributed by atoms with Crippen LogP contribution in [0, 0.1) is 17.3 Å². The van der Waals surface area contributed by atoms with Gasteiger partial charge in [0.2, 0.25) is 11.8 Å². The van der Waals surface area contributed by atoms with E-state index in [4.69, 9.17) is 9.47 Å². The van der Waals surface area contributed by atoms with Gasteiger partial charge in [0.1, 0.15) is 11.8 Å². The van der Waals surface area contributed by atoms with E-state index in [9.17, 15) is 38.7 Å². The van der Waals surface area contributed by atoms with Crippen LogP contribution in [0.2, 0.25) is 0 Å². The number of methoxy groups -OCH3 is 1. The zero-order valence-corrected chi connectivity index (χ0v) is 27.2. The standard InChI is InChI=1S/C30H39N3O10.C2H6/c1-15(2)25(33-23(36)12-18-11-17(16(3)34)7-8-22(18)42-6)26(39)32-20(13-24(37)38)21(35)14-31-28(41)30-10-9-19(27(40)43-30)29(30,4)5;1-2/h7-8,11,15,19-20,25H,9-10,12-14H2,1-6H3,(H,31,41)(H,32,39)(H,33,36)(H,37,38);1-2H3/t19?,20-,25-,30?;/m0./s1. The third kappa shape index (κ3) is 8.06. The number of Topliss-reactive ketones (excluding diaryl/α,β-unsaturated/α-hetero) is 2. The zero-order chi connectivity index (χ0) is 34.3. The number of carboxylic acid groups (broad SMARTS) is 1. The van der Waals surface area contributed by atoms with Gasteiger partial charge in [0.15, 0.2) is 17.2 Å². The number of amides is 3. The normalized spacial score (nSPS) is 20.6. The van der Waals surface area contributed by atoms with E-state index < -0.39 is 83.3 Å². The molecule has 0 radical (unpaired) electrons. The third-order valence-electron chi connectivity index (χ3n) is 8.43. The zero-order valence-electron chi connectivity index (χ0n) is 27.2. The van der Waals surface area contributed by atoms with Gasteiger partial charge in [-0.2, -0.15) is 0 Å². The number of hydrogen-bond acceptors (Lipinski definition) is 9. The Balaban J connectivity index is 0.00000345. The monoisotopic (exact) mass is 631 g/mol. The quantitative estimate of drug-likeness (QED) is 0.174. The van der Waals surface area contributed by atoms with Crippen LogP contribution in [0.4, 0.5) is 0 Å². The van der Waals surface area contributed by atoms with Gasteiger partial charge in [0, 0.05) is 16.5 Å². The minimum atomic E-state index is -1.51. The molecule has 2 fully saturated rings. The first kappa shape index (κ1) is 36.9. The summed E-state index contributed by atoms with van der Waals surface area (Å²) in [7, 11) is 1.42. The molecule has 1 aromatic rings. The van der Waals surface area contributed by atoms with Crippen molar-refractivity contribution in [2.45, 2.75) is 91.8 Å². The molecule has 0 spiro atoms. The molecular formula is C32H45N3O10. The molecule has 4 N–H and O–H groups in total. The van der Waals surface area contributed by atoms with Gasteiger partial charge in [0.05, 0.1) is 38.5 Å². The van der Waals surface area contributed by atoms with E-state index in [1.807, 2.05) is 13.8 Å². The van der Waals surface area contributed by atoms with Gasteiger partial charge in [-0.15, -0.1) is 0 Å². The van der Waals surface area contributed by atoms with Gasteiger partial charge >= 0.3 is 11.9 Å². The van der Waals surface area contributed by atoms with Crippen molar-refractivity contribution in [2.75, 3.05) is 13.7 Å². The molecule has 0 aromatic heterocycles. The van der Waals surface area contributed by atoms with E-state index in [0.29, 0.717) is 29.7 Å². The van der Waals surface area contributed by atoms with Crippen molar-refractivity contribution >= 4 is 41.2 Å². The average molecular weight is 632 g/mol. The summed E-state index contributed by atoms with van der Waals surface area (Å²) in [5.41, 5.74) is -1.41. The summed E-state index contributed by atoms with van der Waals surface area (Å²) in [5.74, 6) is -5.34. The molecule has 13 nitrogen and oxygen atoms in total. The number of ketones is 2. The Hall–Kier alpha value is -4.29. The summed E-state index contributed by atoms with van der Waals surface area (Å²) in [6.45, 7) is 11.6. The predicted octanol–water partition coefficient (Wildman–Crippen LogP) is 1.98. The molecule has 1 saturated carbocycles. The molecule has 2 aliphatic rings. The van der Waals surface area contributed by atoms with Gasteiger partial charge in [-0.1, -0.05) is 41.5 Å². The molecular weight excluding hydrogens is 586 g/mol. The fraction of sp³-hybridized carbons (Fsp3) is 0.594. The number of benzene rings is 1. The Kier molecular flexibility index (Phi) is 12.4. The van der Waals surface area contributed by atoms with Crippen LogP contribution in [0.3, 0.4) is 0 Å². The molecule has 248 valence electrons. The van der Waals surface area contributed by atoms with Crippen LogP contribution >= 0.6 is 0 Å². The Morgan fingerprint density at radius 2 is 1.73 bits per heavy atom. The van der Waals surface area contributed by atoms with Crippen molar-refractivity contribution in [3.8, 4) is 5.75 Å². The first-order chi connectivity index (χ1) is 21.0. The summed E-state index contributed by atoms with van der Waals surface area (Å²) < 4.78 is 10.7. The third-order valence-corrected chi connectivity index (χ3v) is 8.43. The molecule has 2 unspecified atom stereocenters. The number of carboxylic acids is 1. The summed E-state index contributed by atoms with van der Waals surface area (Å²) in [5, 5.41) is 16.9. The summed E-state index contributed by atoms with van der Waals surface area (Å²) in [6, 6.07) is 2.01. The van der Waals surface area contributed by atoms with Crippen molar-refractivity contribution in [3.63, 3.8) is 0 Å². The van der Waals surface area contributed by atoms with Crippen LogP contribution in [0.1, 0.15) is 83.7 Å². The van der Waals surface area contributed by atoms with Gasteiger partial charge in [-0.05, 0) is 43.9 Å². The number of ether oxygens (including phenoxy) is 2. The van der Waals surface area contributed by atoms with Crippen LogP contribution in [0.5, 0.6) is 5.75 Å². The first-order valence-electron chi connectivity index (χ1n) is 15.1. The number of nitrogens with one attached hydrogen (secondary N) is 3. The molecule has 3 rings (SSSR count). The van der Waals surface area contributed by atoms with Crippen LogP contribution in [0.25, 0.3) is 0 Å². The molecule has 2 bridgehead atoms. The minimum Gasteiger partial charge on any atom is -0.496 e. The Labute approximate surface area is 263 Å². The Morgan fingerprint density at radius 3 is 2.22 bits per heavy atom. The van der Waals surface area contributed by atoms with E-state index in [0.717, 1.165) is 0 Å². The van der Waals surface area contributed by atoms with Crippen LogP contribution < -0.4 is 20.7 Å². The molecule has 1 aliphatic carbocycles. The Bertz CT molecular complexity index is 1340. The van der Waals surface area contributed by atoms with Gasteiger partial charge < -0.3 is 30.5 Å². The van der Waals surface area contributed by atoms with Crippen LogP contribution in [0.15, 0.2) is 18.2 Å². The number of carbonyl (C=O) groups is 7. The van der Waals surface area contributed by atoms with Crippen LogP contribution in [-0.2, 0) is 39.9 Å². The SMILES string of the molecule is CC.COc1ccc(C(C)=O)cc1CC(=O)N[C@H](C(=O)N[C@@H](CC(=O)O)C(=O)CNC(=O)C12CCC(C(=O)O1)C2(C)C)C(C)C.